The highest BCUT2D eigenvalue weighted by Gasteiger charge is 2.36. The number of methoxy groups -OCH3 is 1. The van der Waals surface area contributed by atoms with E-state index in [1.165, 1.54) is 37.5 Å². The van der Waals surface area contributed by atoms with Crippen molar-refractivity contribution in [2.75, 3.05) is 12.0 Å². The molecule has 1 heterocycles. The topological polar surface area (TPSA) is 128 Å². The number of nitro benzene ring substituents is 1. The summed E-state index contributed by atoms with van der Waals surface area (Å²) in [5, 5.41) is 12.9. The Morgan fingerprint density at radius 3 is 2.38 bits per heavy atom. The lowest BCUT2D eigenvalue weighted by molar-refractivity contribution is -0.384. The van der Waals surface area contributed by atoms with Crippen molar-refractivity contribution < 1.29 is 33.2 Å². The number of ether oxygens (including phenoxy) is 2. The monoisotopic (exact) mass is 617 g/mol. The van der Waals surface area contributed by atoms with Crippen LogP contribution in [0.15, 0.2) is 66.2 Å². The molecule has 0 saturated carbocycles. The molecular formula is C25H17FIN3O7. The molecule has 0 radical (unpaired) electrons. The van der Waals surface area contributed by atoms with E-state index in [0.717, 1.165) is 17.0 Å². The Hall–Kier alpha value is -4.33. The zero-order valence-electron chi connectivity index (χ0n) is 19.1. The smallest absolute Gasteiger partial charge is 0.335 e. The Morgan fingerprint density at radius 1 is 1.08 bits per heavy atom. The van der Waals surface area contributed by atoms with Crippen molar-refractivity contribution >= 4 is 57.9 Å². The minimum Gasteiger partial charge on any atom is -0.493 e. The Bertz CT molecular complexity index is 1440. The standard InChI is InChI=1S/C25H17FIN3O7/c1-36-21-12-15(11-20(27)22(21)37-13-14-2-6-18(7-3-14)30(34)35)10-19-23(31)28-25(33)29(24(19)32)17-8-4-16(26)5-9-17/h2-12H,13H2,1H3,(H,28,31,33)/b19-10+. The van der Waals surface area contributed by atoms with Gasteiger partial charge in [-0.2, -0.15) is 0 Å². The van der Waals surface area contributed by atoms with Gasteiger partial charge in [-0.05, 0) is 88.3 Å². The lowest BCUT2D eigenvalue weighted by Crippen LogP contribution is -2.54. The maximum absolute atomic E-state index is 13.3. The van der Waals surface area contributed by atoms with Gasteiger partial charge in [-0.1, -0.05) is 0 Å². The predicted octanol–water partition coefficient (Wildman–Crippen LogP) is 4.59. The highest BCUT2D eigenvalue weighted by Crippen LogP contribution is 2.35. The van der Waals surface area contributed by atoms with E-state index in [4.69, 9.17) is 9.47 Å². The van der Waals surface area contributed by atoms with Crippen LogP contribution in [0, 0.1) is 19.5 Å². The van der Waals surface area contributed by atoms with Gasteiger partial charge in [-0.15, -0.1) is 0 Å². The molecule has 10 nitrogen and oxygen atoms in total. The van der Waals surface area contributed by atoms with E-state index in [2.05, 4.69) is 5.32 Å². The molecule has 0 aliphatic carbocycles. The van der Waals surface area contributed by atoms with Crippen molar-refractivity contribution in [2.24, 2.45) is 0 Å². The average molecular weight is 617 g/mol. The number of nitro groups is 1. The number of urea groups is 1. The molecule has 12 heteroatoms. The van der Waals surface area contributed by atoms with Crippen LogP contribution in [0.2, 0.25) is 0 Å². The molecule has 4 rings (SSSR count). The van der Waals surface area contributed by atoms with Crippen LogP contribution < -0.4 is 19.7 Å². The van der Waals surface area contributed by atoms with Gasteiger partial charge < -0.3 is 9.47 Å². The van der Waals surface area contributed by atoms with Gasteiger partial charge in [-0.3, -0.25) is 25.0 Å². The van der Waals surface area contributed by atoms with E-state index in [-0.39, 0.29) is 23.6 Å². The first-order valence-electron chi connectivity index (χ1n) is 10.6. The van der Waals surface area contributed by atoms with Gasteiger partial charge in [0.1, 0.15) is 18.0 Å². The molecule has 0 bridgehead atoms. The van der Waals surface area contributed by atoms with Crippen LogP contribution in [-0.4, -0.2) is 29.9 Å². The average Bonchev–Trinajstić information content (AvgIpc) is 2.87. The Labute approximate surface area is 223 Å². The normalized spacial score (nSPS) is 14.5. The van der Waals surface area contributed by atoms with Gasteiger partial charge in [0.25, 0.3) is 17.5 Å². The van der Waals surface area contributed by atoms with Crippen LogP contribution >= 0.6 is 22.6 Å². The molecule has 1 saturated heterocycles. The molecule has 4 amide bonds. The quantitative estimate of drug-likeness (QED) is 0.135. The van der Waals surface area contributed by atoms with E-state index in [1.807, 2.05) is 22.6 Å². The molecular weight excluding hydrogens is 600 g/mol. The fraction of sp³-hybridized carbons (Fsp3) is 0.0800. The highest BCUT2D eigenvalue weighted by molar-refractivity contribution is 14.1. The number of hydrogen-bond acceptors (Lipinski definition) is 7. The van der Waals surface area contributed by atoms with Crippen LogP contribution in [0.25, 0.3) is 6.08 Å². The molecule has 1 aliphatic heterocycles. The number of barbiturate groups is 1. The number of anilines is 1. The fourth-order valence-electron chi connectivity index (χ4n) is 3.48. The number of imide groups is 2. The molecule has 0 aromatic heterocycles. The first-order chi connectivity index (χ1) is 17.7. The summed E-state index contributed by atoms with van der Waals surface area (Å²) < 4.78 is 25.2. The first kappa shape index (κ1) is 25.8. The van der Waals surface area contributed by atoms with Crippen LogP contribution in [0.3, 0.4) is 0 Å². The summed E-state index contributed by atoms with van der Waals surface area (Å²) in [5.74, 6) is -1.58. The highest BCUT2D eigenvalue weighted by atomic mass is 127. The second kappa shape index (κ2) is 10.7. The summed E-state index contributed by atoms with van der Waals surface area (Å²) in [6.45, 7) is 0.112. The minimum absolute atomic E-state index is 0.0331. The van der Waals surface area contributed by atoms with Crippen molar-refractivity contribution in [1.82, 2.24) is 5.32 Å². The predicted molar refractivity (Wildman–Crippen MR) is 139 cm³/mol. The van der Waals surface area contributed by atoms with Crippen LogP contribution in [0.4, 0.5) is 20.6 Å². The Balaban J connectivity index is 1.60. The molecule has 3 aromatic carbocycles. The van der Waals surface area contributed by atoms with Crippen LogP contribution in [-0.2, 0) is 16.2 Å². The van der Waals surface area contributed by atoms with E-state index in [9.17, 15) is 28.9 Å². The largest absolute Gasteiger partial charge is 0.493 e. The number of rotatable bonds is 7. The molecule has 37 heavy (non-hydrogen) atoms. The maximum Gasteiger partial charge on any atom is 0.335 e. The number of carbonyl (C=O) groups excluding carboxylic acids is 3. The fourth-order valence-corrected chi connectivity index (χ4v) is 4.26. The lowest BCUT2D eigenvalue weighted by Gasteiger charge is -2.26. The Kier molecular flexibility index (Phi) is 7.47. The molecule has 188 valence electrons. The molecule has 3 aromatic rings. The summed E-state index contributed by atoms with van der Waals surface area (Å²) in [6, 6.07) is 12.9. The Morgan fingerprint density at radius 2 is 1.76 bits per heavy atom. The number of nitrogens with one attached hydrogen (secondary N) is 1. The van der Waals surface area contributed by atoms with Crippen molar-refractivity contribution in [2.45, 2.75) is 6.61 Å². The van der Waals surface area contributed by atoms with Gasteiger partial charge >= 0.3 is 6.03 Å². The third kappa shape index (κ3) is 5.58. The molecule has 1 fully saturated rings. The van der Waals surface area contributed by atoms with Crippen LogP contribution in [0.5, 0.6) is 11.5 Å². The van der Waals surface area contributed by atoms with Crippen molar-refractivity contribution in [3.8, 4) is 11.5 Å². The van der Waals surface area contributed by atoms with Crippen LogP contribution in [0.1, 0.15) is 11.1 Å². The number of nitrogens with zero attached hydrogens (tertiary/aromatic N) is 2. The van der Waals surface area contributed by atoms with Gasteiger partial charge in [-0.25, -0.2) is 14.1 Å². The number of hydrogen-bond donors (Lipinski definition) is 1. The number of benzene rings is 3. The van der Waals surface area contributed by atoms with Gasteiger partial charge in [0, 0.05) is 12.1 Å². The SMILES string of the molecule is COc1cc(/C=C2\C(=O)NC(=O)N(c3ccc(F)cc3)C2=O)cc(I)c1OCc1ccc([N+](=O)[O-])cc1. The van der Waals surface area contributed by atoms with E-state index >= 15 is 0 Å². The van der Waals surface area contributed by atoms with Crippen molar-refractivity contribution in [1.29, 1.82) is 0 Å². The van der Waals surface area contributed by atoms with Crippen molar-refractivity contribution in [3.05, 3.63) is 96.9 Å². The molecule has 1 N–H and O–H groups in total. The van der Waals surface area contributed by atoms with E-state index in [1.54, 1.807) is 24.3 Å². The third-order valence-corrected chi connectivity index (χ3v) is 6.08. The summed E-state index contributed by atoms with van der Waals surface area (Å²) in [4.78, 5) is 48.9. The van der Waals surface area contributed by atoms with E-state index < -0.39 is 28.6 Å². The summed E-state index contributed by atoms with van der Waals surface area (Å²) in [7, 11) is 1.43. The minimum atomic E-state index is -0.944. The zero-order valence-corrected chi connectivity index (χ0v) is 21.2. The second-order valence-corrected chi connectivity index (χ2v) is 8.84. The maximum atomic E-state index is 13.3. The van der Waals surface area contributed by atoms with Gasteiger partial charge in [0.05, 0.1) is 21.3 Å². The van der Waals surface area contributed by atoms with Gasteiger partial charge in [0.15, 0.2) is 11.5 Å². The number of carbonyl (C=O) groups is 3. The summed E-state index contributed by atoms with van der Waals surface area (Å²) >= 11 is 2.01. The number of non-ortho nitro benzene ring substituents is 1. The zero-order chi connectivity index (χ0) is 26.7. The van der Waals surface area contributed by atoms with Gasteiger partial charge in [0.2, 0.25) is 0 Å². The van der Waals surface area contributed by atoms with Crippen molar-refractivity contribution in [3.63, 3.8) is 0 Å². The summed E-state index contributed by atoms with van der Waals surface area (Å²) in [5.41, 5.74) is 0.889. The molecule has 0 atom stereocenters. The molecule has 0 unspecified atom stereocenters. The molecule has 1 aliphatic rings. The van der Waals surface area contributed by atoms with E-state index in [0.29, 0.717) is 26.2 Å². The number of amides is 4. The second-order valence-electron chi connectivity index (χ2n) is 7.68. The summed E-state index contributed by atoms with van der Waals surface area (Å²) in [6.07, 6.45) is 1.31. The lowest BCUT2D eigenvalue weighted by atomic mass is 10.1. The third-order valence-electron chi connectivity index (χ3n) is 5.28. The number of halogens is 2. The molecule has 0 spiro atoms. The first-order valence-corrected chi connectivity index (χ1v) is 11.7.